The van der Waals surface area contributed by atoms with Crippen molar-refractivity contribution in [2.24, 2.45) is 7.05 Å². The van der Waals surface area contributed by atoms with E-state index in [1.165, 1.54) is 24.3 Å². The molecule has 2 saturated heterocycles. The first-order valence-corrected chi connectivity index (χ1v) is 7.89. The van der Waals surface area contributed by atoms with E-state index < -0.39 is 0 Å². The Kier molecular flexibility index (Phi) is 3.52. The van der Waals surface area contributed by atoms with Gasteiger partial charge in [-0.1, -0.05) is 0 Å². The third-order valence-electron chi connectivity index (χ3n) is 3.96. The molecule has 1 N–H and O–H groups in total. The van der Waals surface area contributed by atoms with Gasteiger partial charge in [-0.15, -0.1) is 0 Å². The second-order valence-electron chi connectivity index (χ2n) is 5.35. The summed E-state index contributed by atoms with van der Waals surface area (Å²) in [6.45, 7) is 0.884. The summed E-state index contributed by atoms with van der Waals surface area (Å²) in [4.78, 5) is 0. The standard InChI is InChI=1S/C13H21N3OS/c1-16-6-2-12(15-16)14-11-3-7-17-13(10-11)4-8-18-9-5-13/h2,6,11H,3-5,7-10H2,1H3,(H,14,15). The van der Waals surface area contributed by atoms with E-state index in [4.69, 9.17) is 4.74 Å². The number of aryl methyl sites for hydroxylation is 1. The summed E-state index contributed by atoms with van der Waals surface area (Å²) in [5.74, 6) is 3.48. The molecule has 0 amide bonds. The molecule has 0 saturated carbocycles. The molecule has 0 radical (unpaired) electrons. The predicted octanol–water partition coefficient (Wildman–Crippen LogP) is 2.28. The number of anilines is 1. The van der Waals surface area contributed by atoms with E-state index in [2.05, 4.69) is 22.2 Å². The highest BCUT2D eigenvalue weighted by Gasteiger charge is 2.38. The first kappa shape index (κ1) is 12.4. The average molecular weight is 267 g/mol. The quantitative estimate of drug-likeness (QED) is 0.892. The smallest absolute Gasteiger partial charge is 0.148 e. The van der Waals surface area contributed by atoms with Gasteiger partial charge in [0, 0.05) is 32.0 Å². The molecule has 3 rings (SSSR count). The second-order valence-corrected chi connectivity index (χ2v) is 6.58. The molecule has 0 bridgehead atoms. The Morgan fingerprint density at radius 1 is 1.50 bits per heavy atom. The molecule has 1 spiro atoms. The summed E-state index contributed by atoms with van der Waals surface area (Å²) in [5.41, 5.74) is 0.149. The summed E-state index contributed by atoms with van der Waals surface area (Å²) in [6.07, 6.45) is 6.61. The Morgan fingerprint density at radius 3 is 3.06 bits per heavy atom. The van der Waals surface area contributed by atoms with Crippen LogP contribution in [0.5, 0.6) is 0 Å². The number of nitrogens with zero attached hydrogens (tertiary/aromatic N) is 2. The van der Waals surface area contributed by atoms with Crippen molar-refractivity contribution in [3.63, 3.8) is 0 Å². The van der Waals surface area contributed by atoms with Crippen LogP contribution in [0.15, 0.2) is 12.3 Å². The number of thioether (sulfide) groups is 1. The molecular weight excluding hydrogens is 246 g/mol. The van der Waals surface area contributed by atoms with Gasteiger partial charge in [-0.2, -0.15) is 16.9 Å². The van der Waals surface area contributed by atoms with Gasteiger partial charge in [0.05, 0.1) is 5.60 Å². The zero-order valence-electron chi connectivity index (χ0n) is 10.9. The van der Waals surface area contributed by atoms with Crippen molar-refractivity contribution < 1.29 is 4.74 Å². The van der Waals surface area contributed by atoms with E-state index in [1.807, 2.05) is 24.0 Å². The molecule has 1 aromatic heterocycles. The van der Waals surface area contributed by atoms with E-state index in [0.717, 1.165) is 25.3 Å². The molecule has 3 heterocycles. The molecule has 18 heavy (non-hydrogen) atoms. The number of hydrogen-bond donors (Lipinski definition) is 1. The number of rotatable bonds is 2. The Morgan fingerprint density at radius 2 is 2.33 bits per heavy atom. The maximum atomic E-state index is 6.10. The second kappa shape index (κ2) is 5.13. The zero-order chi connectivity index (χ0) is 12.4. The fourth-order valence-corrected chi connectivity index (χ4v) is 4.18. The third-order valence-corrected chi connectivity index (χ3v) is 4.95. The van der Waals surface area contributed by atoms with E-state index >= 15 is 0 Å². The lowest BCUT2D eigenvalue weighted by molar-refractivity contribution is -0.0866. The maximum Gasteiger partial charge on any atom is 0.148 e. The Hall–Kier alpha value is -0.680. The molecule has 2 aliphatic rings. The lowest BCUT2D eigenvalue weighted by Crippen LogP contribution is -2.46. The summed E-state index contributed by atoms with van der Waals surface area (Å²) in [6, 6.07) is 2.55. The van der Waals surface area contributed by atoms with Gasteiger partial charge in [-0.3, -0.25) is 4.68 Å². The Balaban J connectivity index is 1.63. The van der Waals surface area contributed by atoms with Crippen LogP contribution in [-0.2, 0) is 11.8 Å². The minimum absolute atomic E-state index is 0.149. The molecule has 2 aliphatic heterocycles. The van der Waals surface area contributed by atoms with E-state index in [0.29, 0.717) is 6.04 Å². The summed E-state index contributed by atoms with van der Waals surface area (Å²) >= 11 is 2.05. The van der Waals surface area contributed by atoms with Gasteiger partial charge in [0.25, 0.3) is 0 Å². The molecule has 1 aromatic rings. The molecule has 0 aromatic carbocycles. The van der Waals surface area contributed by atoms with Crippen LogP contribution in [0.4, 0.5) is 5.82 Å². The molecular formula is C13H21N3OS. The molecule has 100 valence electrons. The van der Waals surface area contributed by atoms with Crippen LogP contribution in [0.25, 0.3) is 0 Å². The molecule has 0 aliphatic carbocycles. The topological polar surface area (TPSA) is 39.1 Å². The van der Waals surface area contributed by atoms with Crippen molar-refractivity contribution in [2.75, 3.05) is 23.4 Å². The van der Waals surface area contributed by atoms with Crippen LogP contribution in [0.1, 0.15) is 25.7 Å². The number of hydrogen-bond acceptors (Lipinski definition) is 4. The van der Waals surface area contributed by atoms with E-state index in [1.54, 1.807) is 0 Å². The SMILES string of the molecule is Cn1ccc(NC2CCOC3(CCSCC3)C2)n1. The van der Waals surface area contributed by atoms with Gasteiger partial charge >= 0.3 is 0 Å². The van der Waals surface area contributed by atoms with Gasteiger partial charge < -0.3 is 10.1 Å². The lowest BCUT2D eigenvalue weighted by atomic mass is 9.85. The maximum absolute atomic E-state index is 6.10. The minimum Gasteiger partial charge on any atom is -0.375 e. The normalized spacial score (nSPS) is 27.3. The van der Waals surface area contributed by atoms with Gasteiger partial charge in [-0.25, -0.2) is 0 Å². The fourth-order valence-electron chi connectivity index (χ4n) is 2.94. The number of ether oxygens (including phenoxy) is 1. The highest BCUT2D eigenvalue weighted by Crippen LogP contribution is 2.38. The average Bonchev–Trinajstić information content (AvgIpc) is 2.76. The van der Waals surface area contributed by atoms with Gasteiger partial charge in [0.15, 0.2) is 0 Å². The van der Waals surface area contributed by atoms with Crippen LogP contribution in [0, 0.1) is 0 Å². The monoisotopic (exact) mass is 267 g/mol. The minimum atomic E-state index is 0.149. The lowest BCUT2D eigenvalue weighted by Gasteiger charge is -2.43. The Labute approximate surface area is 112 Å². The fraction of sp³-hybridized carbons (Fsp3) is 0.769. The largest absolute Gasteiger partial charge is 0.375 e. The predicted molar refractivity (Wildman–Crippen MR) is 75.1 cm³/mol. The van der Waals surface area contributed by atoms with Crippen molar-refractivity contribution in [2.45, 2.75) is 37.3 Å². The molecule has 4 nitrogen and oxygen atoms in total. The van der Waals surface area contributed by atoms with Gasteiger partial charge in [0.2, 0.25) is 0 Å². The van der Waals surface area contributed by atoms with Crippen molar-refractivity contribution in [3.05, 3.63) is 12.3 Å². The van der Waals surface area contributed by atoms with Crippen molar-refractivity contribution in [1.82, 2.24) is 9.78 Å². The van der Waals surface area contributed by atoms with Crippen LogP contribution in [0.3, 0.4) is 0 Å². The molecule has 1 unspecified atom stereocenters. The first-order chi connectivity index (χ1) is 8.76. The van der Waals surface area contributed by atoms with Crippen LogP contribution in [0.2, 0.25) is 0 Å². The first-order valence-electron chi connectivity index (χ1n) is 6.74. The van der Waals surface area contributed by atoms with Crippen LogP contribution < -0.4 is 5.32 Å². The summed E-state index contributed by atoms with van der Waals surface area (Å²) in [7, 11) is 1.95. The van der Waals surface area contributed by atoms with Crippen molar-refractivity contribution in [1.29, 1.82) is 0 Å². The summed E-state index contributed by atoms with van der Waals surface area (Å²) < 4.78 is 7.94. The van der Waals surface area contributed by atoms with Crippen LogP contribution in [-0.4, -0.2) is 39.5 Å². The number of nitrogens with one attached hydrogen (secondary N) is 1. The zero-order valence-corrected chi connectivity index (χ0v) is 11.7. The summed E-state index contributed by atoms with van der Waals surface area (Å²) in [5, 5.41) is 7.95. The Bertz CT molecular complexity index is 395. The van der Waals surface area contributed by atoms with E-state index in [9.17, 15) is 0 Å². The van der Waals surface area contributed by atoms with E-state index in [-0.39, 0.29) is 5.60 Å². The van der Waals surface area contributed by atoms with Crippen molar-refractivity contribution >= 4 is 17.6 Å². The van der Waals surface area contributed by atoms with Gasteiger partial charge in [0.1, 0.15) is 5.82 Å². The highest BCUT2D eigenvalue weighted by atomic mass is 32.2. The molecule has 5 heteroatoms. The molecule has 1 atom stereocenters. The van der Waals surface area contributed by atoms with Crippen LogP contribution >= 0.6 is 11.8 Å². The van der Waals surface area contributed by atoms with Crippen molar-refractivity contribution in [3.8, 4) is 0 Å². The molecule has 2 fully saturated rings. The third kappa shape index (κ3) is 2.67. The highest BCUT2D eigenvalue weighted by molar-refractivity contribution is 7.99. The van der Waals surface area contributed by atoms with Gasteiger partial charge in [-0.05, 0) is 37.2 Å². The number of aromatic nitrogens is 2.